The molecule has 3 rings (SSSR count). The first-order chi connectivity index (χ1) is 11.9. The molecule has 0 saturated heterocycles. The van der Waals surface area contributed by atoms with Gasteiger partial charge in [0.05, 0.1) is 5.54 Å². The summed E-state index contributed by atoms with van der Waals surface area (Å²) in [7, 11) is 0. The SMILES string of the molecule is CCC1(C)NC(=O)C(C(=O)Nc2ccc(C3CCCCC3)cc2)=C1O. The molecule has 2 amide bonds. The summed E-state index contributed by atoms with van der Waals surface area (Å²) >= 11 is 0. The first-order valence-corrected chi connectivity index (χ1v) is 9.12. The molecule has 1 fully saturated rings. The number of hydrogen-bond acceptors (Lipinski definition) is 3. The minimum absolute atomic E-state index is 0.184. The van der Waals surface area contributed by atoms with Gasteiger partial charge in [-0.05, 0) is 49.8 Å². The van der Waals surface area contributed by atoms with Gasteiger partial charge >= 0.3 is 0 Å². The highest BCUT2D eigenvalue weighted by atomic mass is 16.3. The van der Waals surface area contributed by atoms with Gasteiger partial charge in [0.15, 0.2) is 0 Å². The largest absolute Gasteiger partial charge is 0.509 e. The Bertz CT molecular complexity index is 702. The van der Waals surface area contributed by atoms with Crippen molar-refractivity contribution in [1.82, 2.24) is 5.32 Å². The fraction of sp³-hybridized carbons (Fsp3) is 0.500. The number of hydrogen-bond donors (Lipinski definition) is 3. The summed E-state index contributed by atoms with van der Waals surface area (Å²) < 4.78 is 0. The molecular formula is C20H26N2O3. The number of aliphatic hydroxyl groups excluding tert-OH is 1. The van der Waals surface area contributed by atoms with E-state index in [1.165, 1.54) is 37.7 Å². The van der Waals surface area contributed by atoms with Gasteiger partial charge in [0, 0.05) is 5.69 Å². The molecule has 1 aromatic carbocycles. The molecule has 1 aliphatic carbocycles. The quantitative estimate of drug-likeness (QED) is 0.729. The lowest BCUT2D eigenvalue weighted by atomic mass is 9.84. The number of rotatable bonds is 4. The second-order valence-electron chi connectivity index (χ2n) is 7.27. The summed E-state index contributed by atoms with van der Waals surface area (Å²) in [6, 6.07) is 7.83. The minimum atomic E-state index is -0.866. The van der Waals surface area contributed by atoms with Crippen molar-refractivity contribution >= 4 is 17.5 Å². The Labute approximate surface area is 148 Å². The summed E-state index contributed by atoms with van der Waals surface area (Å²) in [5, 5.41) is 15.7. The highest BCUT2D eigenvalue weighted by molar-refractivity contribution is 6.24. The molecule has 2 aliphatic rings. The zero-order chi connectivity index (χ0) is 18.0. The molecule has 0 bridgehead atoms. The molecule has 3 N–H and O–H groups in total. The third-order valence-corrected chi connectivity index (χ3v) is 5.56. The van der Waals surface area contributed by atoms with E-state index in [4.69, 9.17) is 0 Å². The minimum Gasteiger partial charge on any atom is -0.509 e. The number of amides is 2. The summed E-state index contributed by atoms with van der Waals surface area (Å²) in [6.07, 6.45) is 6.84. The first-order valence-electron chi connectivity index (χ1n) is 9.12. The third kappa shape index (κ3) is 3.41. The van der Waals surface area contributed by atoms with Crippen molar-refractivity contribution in [3.8, 4) is 0 Å². The van der Waals surface area contributed by atoms with Crippen molar-refractivity contribution < 1.29 is 14.7 Å². The number of aliphatic hydroxyl groups is 1. The lowest BCUT2D eigenvalue weighted by Crippen LogP contribution is -2.41. The van der Waals surface area contributed by atoms with Gasteiger partial charge in [-0.2, -0.15) is 0 Å². The van der Waals surface area contributed by atoms with Gasteiger partial charge in [-0.25, -0.2) is 0 Å². The van der Waals surface area contributed by atoms with Crippen LogP contribution in [0.5, 0.6) is 0 Å². The molecule has 5 nitrogen and oxygen atoms in total. The molecule has 134 valence electrons. The fourth-order valence-corrected chi connectivity index (χ4v) is 3.69. The van der Waals surface area contributed by atoms with E-state index < -0.39 is 17.4 Å². The van der Waals surface area contributed by atoms with Crippen molar-refractivity contribution in [2.45, 2.75) is 63.8 Å². The highest BCUT2D eigenvalue weighted by Crippen LogP contribution is 2.33. The van der Waals surface area contributed by atoms with Crippen LogP contribution in [0.15, 0.2) is 35.6 Å². The predicted octanol–water partition coefficient (Wildman–Crippen LogP) is 3.78. The standard InChI is InChI=1S/C20H26N2O3/c1-3-20(2)17(23)16(19(25)22-20)18(24)21-15-11-9-14(10-12-15)13-7-5-4-6-8-13/h9-13,23H,3-8H2,1-2H3,(H,21,24)(H,22,25). The van der Waals surface area contributed by atoms with Crippen LogP contribution in [0.1, 0.15) is 63.9 Å². The second kappa shape index (κ2) is 6.90. The Hall–Kier alpha value is -2.30. The van der Waals surface area contributed by atoms with Gasteiger partial charge < -0.3 is 15.7 Å². The van der Waals surface area contributed by atoms with Gasteiger partial charge in [0.25, 0.3) is 11.8 Å². The lowest BCUT2D eigenvalue weighted by molar-refractivity contribution is -0.121. The van der Waals surface area contributed by atoms with Crippen molar-refractivity contribution in [2.24, 2.45) is 0 Å². The molecule has 0 aromatic heterocycles. The molecule has 1 heterocycles. The van der Waals surface area contributed by atoms with Crippen LogP contribution in [-0.2, 0) is 9.59 Å². The van der Waals surface area contributed by atoms with Gasteiger partial charge in [0.2, 0.25) is 0 Å². The average Bonchev–Trinajstić information content (AvgIpc) is 2.86. The van der Waals surface area contributed by atoms with Crippen LogP contribution in [0, 0.1) is 0 Å². The zero-order valence-electron chi connectivity index (χ0n) is 14.9. The molecule has 5 heteroatoms. The van der Waals surface area contributed by atoms with Crippen LogP contribution in [0.3, 0.4) is 0 Å². The van der Waals surface area contributed by atoms with Crippen molar-refractivity contribution in [2.75, 3.05) is 5.32 Å². The number of benzene rings is 1. The van der Waals surface area contributed by atoms with Crippen LogP contribution in [0.2, 0.25) is 0 Å². The van der Waals surface area contributed by atoms with Crippen LogP contribution in [-0.4, -0.2) is 22.5 Å². The monoisotopic (exact) mass is 342 g/mol. The van der Waals surface area contributed by atoms with E-state index in [1.54, 1.807) is 6.92 Å². The fourth-order valence-electron chi connectivity index (χ4n) is 3.69. The van der Waals surface area contributed by atoms with Gasteiger partial charge in [-0.15, -0.1) is 0 Å². The second-order valence-corrected chi connectivity index (χ2v) is 7.27. The highest BCUT2D eigenvalue weighted by Gasteiger charge is 2.43. The molecular weight excluding hydrogens is 316 g/mol. The smallest absolute Gasteiger partial charge is 0.264 e. The molecule has 1 saturated carbocycles. The Balaban J connectivity index is 1.72. The van der Waals surface area contributed by atoms with E-state index in [-0.39, 0.29) is 11.3 Å². The average molecular weight is 342 g/mol. The van der Waals surface area contributed by atoms with Crippen LogP contribution in [0.25, 0.3) is 0 Å². The summed E-state index contributed by atoms with van der Waals surface area (Å²) in [6.45, 7) is 3.56. The van der Waals surface area contributed by atoms with E-state index in [9.17, 15) is 14.7 Å². The lowest BCUT2D eigenvalue weighted by Gasteiger charge is -2.22. The van der Waals surface area contributed by atoms with Gasteiger partial charge in [-0.1, -0.05) is 38.3 Å². The van der Waals surface area contributed by atoms with Gasteiger partial charge in [-0.3, -0.25) is 9.59 Å². The van der Waals surface area contributed by atoms with Crippen LogP contribution >= 0.6 is 0 Å². The summed E-state index contributed by atoms with van der Waals surface area (Å²) in [4.78, 5) is 24.5. The Kier molecular flexibility index (Phi) is 4.84. The molecule has 1 atom stereocenters. The number of carbonyl (C=O) groups excluding carboxylic acids is 2. The number of anilines is 1. The molecule has 0 radical (unpaired) electrons. The topological polar surface area (TPSA) is 78.4 Å². The van der Waals surface area contributed by atoms with Crippen molar-refractivity contribution in [3.05, 3.63) is 41.2 Å². The zero-order valence-corrected chi connectivity index (χ0v) is 14.9. The molecule has 1 aliphatic heterocycles. The summed E-state index contributed by atoms with van der Waals surface area (Å²) in [5.41, 5.74) is 0.870. The van der Waals surface area contributed by atoms with Gasteiger partial charge in [0.1, 0.15) is 11.3 Å². The molecule has 1 aromatic rings. The Morgan fingerprint density at radius 3 is 2.44 bits per heavy atom. The van der Waals surface area contributed by atoms with E-state index in [1.807, 2.05) is 31.2 Å². The summed E-state index contributed by atoms with van der Waals surface area (Å²) in [5.74, 6) is -0.678. The van der Waals surface area contributed by atoms with E-state index >= 15 is 0 Å². The molecule has 1 unspecified atom stereocenters. The maximum atomic E-state index is 12.4. The molecule has 25 heavy (non-hydrogen) atoms. The first kappa shape index (κ1) is 17.5. The van der Waals surface area contributed by atoms with Crippen molar-refractivity contribution in [1.29, 1.82) is 0 Å². The predicted molar refractivity (Wildman–Crippen MR) is 97.4 cm³/mol. The maximum absolute atomic E-state index is 12.4. The molecule has 0 spiro atoms. The van der Waals surface area contributed by atoms with E-state index in [2.05, 4.69) is 10.6 Å². The van der Waals surface area contributed by atoms with E-state index in [0.29, 0.717) is 18.0 Å². The Morgan fingerprint density at radius 2 is 1.88 bits per heavy atom. The Morgan fingerprint density at radius 1 is 1.24 bits per heavy atom. The van der Waals surface area contributed by atoms with E-state index in [0.717, 1.165) is 0 Å². The number of nitrogens with one attached hydrogen (secondary N) is 2. The van der Waals surface area contributed by atoms with Crippen LogP contribution in [0.4, 0.5) is 5.69 Å². The maximum Gasteiger partial charge on any atom is 0.264 e. The van der Waals surface area contributed by atoms with Crippen LogP contribution < -0.4 is 10.6 Å². The number of carbonyl (C=O) groups is 2. The normalized spacial score (nSPS) is 24.3. The van der Waals surface area contributed by atoms with Crippen molar-refractivity contribution in [3.63, 3.8) is 0 Å². The third-order valence-electron chi connectivity index (χ3n) is 5.56.